The van der Waals surface area contributed by atoms with Crippen LogP contribution in [0.5, 0.6) is 5.75 Å². The second-order valence-corrected chi connectivity index (χ2v) is 8.76. The fourth-order valence-corrected chi connectivity index (χ4v) is 5.23. The Labute approximate surface area is 182 Å². The van der Waals surface area contributed by atoms with Gasteiger partial charge in [-0.05, 0) is 62.2 Å². The molecule has 0 spiro atoms. The van der Waals surface area contributed by atoms with E-state index in [0.717, 1.165) is 0 Å². The normalized spacial score (nSPS) is 11.2. The third kappa shape index (κ3) is 4.74. The van der Waals surface area contributed by atoms with Crippen LogP contribution in [0, 0.1) is 13.8 Å². The Morgan fingerprint density at radius 2 is 1.71 bits per heavy atom. The van der Waals surface area contributed by atoms with Crippen molar-refractivity contribution in [2.75, 3.05) is 18.0 Å². The lowest BCUT2D eigenvalue weighted by Gasteiger charge is -2.25. The van der Waals surface area contributed by atoms with Crippen molar-refractivity contribution < 1.29 is 27.1 Å². The van der Waals surface area contributed by atoms with Gasteiger partial charge in [0.15, 0.2) is 0 Å². The number of nitrogens with zero attached hydrogens (tertiary/aromatic N) is 1. The minimum atomic E-state index is -3.96. The van der Waals surface area contributed by atoms with E-state index in [-0.39, 0.29) is 23.6 Å². The first-order valence-electron chi connectivity index (χ1n) is 9.75. The number of methoxy groups -OCH3 is 1. The molecule has 0 saturated carbocycles. The van der Waals surface area contributed by atoms with Crippen molar-refractivity contribution in [1.82, 2.24) is 0 Å². The van der Waals surface area contributed by atoms with Gasteiger partial charge in [-0.2, -0.15) is 0 Å². The molecule has 1 aromatic heterocycles. The summed E-state index contributed by atoms with van der Waals surface area (Å²) in [4.78, 5) is 12.2. The third-order valence-electron chi connectivity index (χ3n) is 4.73. The maximum absolute atomic E-state index is 13.8. The fourth-order valence-electron chi connectivity index (χ4n) is 3.38. The molecule has 0 aliphatic carbocycles. The molecule has 0 amide bonds. The molecule has 0 saturated heterocycles. The average molecular weight is 444 g/mol. The molecule has 7 nitrogen and oxygen atoms in total. The molecule has 164 valence electrons. The van der Waals surface area contributed by atoms with Gasteiger partial charge in [-0.3, -0.25) is 4.31 Å². The van der Waals surface area contributed by atoms with Crippen LogP contribution >= 0.6 is 0 Å². The number of hydrogen-bond donors (Lipinski definition) is 0. The highest BCUT2D eigenvalue weighted by Crippen LogP contribution is 2.32. The van der Waals surface area contributed by atoms with E-state index in [1.54, 1.807) is 57.2 Å². The van der Waals surface area contributed by atoms with Crippen molar-refractivity contribution in [3.8, 4) is 5.75 Å². The molecule has 0 radical (unpaired) electrons. The molecule has 0 aliphatic heterocycles. The van der Waals surface area contributed by atoms with Gasteiger partial charge in [-0.15, -0.1) is 0 Å². The predicted octanol–water partition coefficient (Wildman–Crippen LogP) is 4.48. The number of hydrogen-bond acceptors (Lipinski definition) is 6. The zero-order valence-corrected chi connectivity index (χ0v) is 18.7. The second-order valence-electron chi connectivity index (χ2n) is 6.96. The number of sulfonamides is 1. The van der Waals surface area contributed by atoms with E-state index in [0.29, 0.717) is 28.3 Å². The van der Waals surface area contributed by atoms with Gasteiger partial charge in [0, 0.05) is 0 Å². The highest BCUT2D eigenvalue weighted by molar-refractivity contribution is 7.92. The van der Waals surface area contributed by atoms with Crippen molar-refractivity contribution in [1.29, 1.82) is 0 Å². The van der Waals surface area contributed by atoms with Crippen LogP contribution in [0.3, 0.4) is 0 Å². The van der Waals surface area contributed by atoms with Crippen LogP contribution in [0.4, 0.5) is 5.69 Å². The van der Waals surface area contributed by atoms with Crippen LogP contribution in [-0.2, 0) is 21.3 Å². The largest absolute Gasteiger partial charge is 0.497 e. The molecule has 0 atom stereocenters. The van der Waals surface area contributed by atoms with Crippen LogP contribution in [-0.4, -0.2) is 28.1 Å². The van der Waals surface area contributed by atoms with E-state index < -0.39 is 16.0 Å². The number of rotatable bonds is 8. The molecule has 0 N–H and O–H groups in total. The third-order valence-corrected chi connectivity index (χ3v) is 6.81. The Morgan fingerprint density at radius 3 is 2.29 bits per heavy atom. The lowest BCUT2D eigenvalue weighted by Crippen LogP contribution is -2.31. The summed E-state index contributed by atoms with van der Waals surface area (Å²) in [6.07, 6.45) is 1.27. The molecule has 3 rings (SSSR count). The highest BCUT2D eigenvalue weighted by atomic mass is 32.2. The van der Waals surface area contributed by atoms with Gasteiger partial charge in [-0.25, -0.2) is 13.2 Å². The number of esters is 1. The number of ether oxygens (including phenoxy) is 2. The lowest BCUT2D eigenvalue weighted by atomic mass is 10.1. The van der Waals surface area contributed by atoms with Crippen molar-refractivity contribution >= 4 is 21.7 Å². The molecule has 31 heavy (non-hydrogen) atoms. The van der Waals surface area contributed by atoms with E-state index in [4.69, 9.17) is 13.9 Å². The first-order valence-corrected chi connectivity index (χ1v) is 11.2. The topological polar surface area (TPSA) is 86.0 Å². The van der Waals surface area contributed by atoms with Gasteiger partial charge in [0.05, 0.1) is 36.4 Å². The molecule has 0 aliphatic rings. The molecule has 1 heterocycles. The van der Waals surface area contributed by atoms with Crippen molar-refractivity contribution in [2.24, 2.45) is 0 Å². The molecule has 0 bridgehead atoms. The Kier molecular flexibility index (Phi) is 6.70. The summed E-state index contributed by atoms with van der Waals surface area (Å²) >= 11 is 0. The minimum Gasteiger partial charge on any atom is -0.497 e. The number of para-hydroxylation sites is 1. The molecular weight excluding hydrogens is 418 g/mol. The monoisotopic (exact) mass is 443 g/mol. The Hall–Kier alpha value is -3.26. The predicted molar refractivity (Wildman–Crippen MR) is 117 cm³/mol. The molecular formula is C23H25NO6S. The number of benzene rings is 2. The quantitative estimate of drug-likeness (QED) is 0.477. The SMILES string of the molecule is CCOC(=O)c1coc(CN(c2ccccc2)S(=O)(=O)c2c(C)cc(OC)cc2C)c1. The summed E-state index contributed by atoms with van der Waals surface area (Å²) in [6.45, 7) is 5.33. The van der Waals surface area contributed by atoms with E-state index in [1.807, 2.05) is 6.07 Å². The number of carbonyl (C=O) groups is 1. The lowest BCUT2D eigenvalue weighted by molar-refractivity contribution is 0.0525. The van der Waals surface area contributed by atoms with Crippen LogP contribution in [0.25, 0.3) is 0 Å². The Bertz CT molecular complexity index is 1140. The minimum absolute atomic E-state index is 0.0866. The van der Waals surface area contributed by atoms with Gasteiger partial charge in [-0.1, -0.05) is 18.2 Å². The maximum Gasteiger partial charge on any atom is 0.341 e. The van der Waals surface area contributed by atoms with Gasteiger partial charge in [0.2, 0.25) is 0 Å². The first-order chi connectivity index (χ1) is 14.8. The molecule has 0 fully saturated rings. The Balaban J connectivity index is 2.06. The smallest absolute Gasteiger partial charge is 0.341 e. The second kappa shape index (κ2) is 9.26. The molecule has 2 aromatic carbocycles. The van der Waals surface area contributed by atoms with E-state index in [9.17, 15) is 13.2 Å². The standard InChI is InChI=1S/C23H25NO6S/c1-5-29-23(25)18-13-21(30-15-18)14-24(19-9-7-6-8-10-19)31(26,27)22-16(2)11-20(28-4)12-17(22)3/h6-13,15H,5,14H2,1-4H3. The molecule has 3 aromatic rings. The van der Waals surface area contributed by atoms with Crippen molar-refractivity contribution in [3.63, 3.8) is 0 Å². The van der Waals surface area contributed by atoms with Crippen LogP contribution in [0.15, 0.2) is 64.1 Å². The van der Waals surface area contributed by atoms with Gasteiger partial charge in [0.25, 0.3) is 10.0 Å². The van der Waals surface area contributed by atoms with Gasteiger partial charge >= 0.3 is 5.97 Å². The maximum atomic E-state index is 13.8. The summed E-state index contributed by atoms with van der Waals surface area (Å²) in [5.41, 5.74) is 1.86. The summed E-state index contributed by atoms with van der Waals surface area (Å²) in [7, 11) is -2.42. The summed E-state index contributed by atoms with van der Waals surface area (Å²) in [5.74, 6) is 0.387. The number of carbonyl (C=O) groups excluding carboxylic acids is 1. The van der Waals surface area contributed by atoms with Crippen LogP contribution in [0.1, 0.15) is 34.2 Å². The average Bonchev–Trinajstić information content (AvgIpc) is 3.21. The Morgan fingerprint density at radius 1 is 1.06 bits per heavy atom. The van der Waals surface area contributed by atoms with E-state index in [1.165, 1.54) is 23.7 Å². The zero-order chi connectivity index (χ0) is 22.6. The fraction of sp³-hybridized carbons (Fsp3) is 0.261. The van der Waals surface area contributed by atoms with Crippen LogP contribution < -0.4 is 9.04 Å². The number of furan rings is 1. The summed E-state index contributed by atoms with van der Waals surface area (Å²) < 4.78 is 44.5. The summed E-state index contributed by atoms with van der Waals surface area (Å²) in [6, 6.07) is 13.6. The highest BCUT2D eigenvalue weighted by Gasteiger charge is 2.30. The van der Waals surface area contributed by atoms with E-state index >= 15 is 0 Å². The van der Waals surface area contributed by atoms with E-state index in [2.05, 4.69) is 0 Å². The van der Waals surface area contributed by atoms with Crippen molar-refractivity contribution in [2.45, 2.75) is 32.2 Å². The number of anilines is 1. The zero-order valence-electron chi connectivity index (χ0n) is 17.9. The van der Waals surface area contributed by atoms with Gasteiger partial charge in [0.1, 0.15) is 17.8 Å². The van der Waals surface area contributed by atoms with Crippen molar-refractivity contribution in [3.05, 3.63) is 77.2 Å². The van der Waals surface area contributed by atoms with Gasteiger partial charge < -0.3 is 13.9 Å². The summed E-state index contributed by atoms with van der Waals surface area (Å²) in [5, 5.41) is 0. The first kappa shape index (κ1) is 22.4. The van der Waals surface area contributed by atoms with Crippen LogP contribution in [0.2, 0.25) is 0 Å². The molecule has 8 heteroatoms. The molecule has 0 unspecified atom stereocenters. The number of aryl methyl sites for hydroxylation is 2.